The Hall–Kier alpha value is -1.80. The SMILES string of the molecule is Cc1cc(C)cc(S(=O)(=O)N2CCC3(CC2)OCC[C@@H]3CCOCc2ccccn2)c1. The van der Waals surface area contributed by atoms with E-state index in [0.29, 0.717) is 37.1 Å². The first-order valence-corrected chi connectivity index (χ1v) is 12.5. The van der Waals surface area contributed by atoms with Gasteiger partial charge in [0.1, 0.15) is 0 Å². The largest absolute Gasteiger partial charge is 0.375 e. The molecule has 2 fully saturated rings. The van der Waals surface area contributed by atoms with Gasteiger partial charge in [-0.25, -0.2) is 8.42 Å². The van der Waals surface area contributed by atoms with Crippen LogP contribution in [0.4, 0.5) is 0 Å². The normalized spacial score (nSPS) is 21.5. The van der Waals surface area contributed by atoms with Crippen LogP contribution in [0.25, 0.3) is 0 Å². The van der Waals surface area contributed by atoms with Gasteiger partial charge in [0.2, 0.25) is 10.0 Å². The van der Waals surface area contributed by atoms with Crippen molar-refractivity contribution in [2.75, 3.05) is 26.3 Å². The fourth-order valence-corrected chi connectivity index (χ4v) is 6.60. The summed E-state index contributed by atoms with van der Waals surface area (Å²) in [7, 11) is -3.48. The van der Waals surface area contributed by atoms with Crippen molar-refractivity contribution in [3.8, 4) is 0 Å². The van der Waals surface area contributed by atoms with E-state index in [1.807, 2.05) is 38.1 Å². The number of rotatable bonds is 7. The van der Waals surface area contributed by atoms with Crippen LogP contribution in [0.5, 0.6) is 0 Å². The molecule has 31 heavy (non-hydrogen) atoms. The Morgan fingerprint density at radius 1 is 1.16 bits per heavy atom. The lowest BCUT2D eigenvalue weighted by atomic mass is 9.78. The molecule has 7 heteroatoms. The summed E-state index contributed by atoms with van der Waals surface area (Å²) >= 11 is 0. The molecule has 2 aliphatic heterocycles. The lowest BCUT2D eigenvalue weighted by Crippen LogP contribution is -2.49. The predicted molar refractivity (Wildman–Crippen MR) is 119 cm³/mol. The quantitative estimate of drug-likeness (QED) is 0.607. The molecule has 2 aliphatic rings. The van der Waals surface area contributed by atoms with Crippen LogP contribution >= 0.6 is 0 Å². The summed E-state index contributed by atoms with van der Waals surface area (Å²) in [6.07, 6.45) is 5.19. The summed E-state index contributed by atoms with van der Waals surface area (Å²) in [4.78, 5) is 4.68. The number of aryl methyl sites for hydroxylation is 2. The zero-order valence-corrected chi connectivity index (χ0v) is 19.2. The molecule has 0 aliphatic carbocycles. The Morgan fingerprint density at radius 3 is 2.58 bits per heavy atom. The van der Waals surface area contributed by atoms with Gasteiger partial charge in [0.25, 0.3) is 0 Å². The second kappa shape index (κ2) is 9.36. The Morgan fingerprint density at radius 2 is 1.90 bits per heavy atom. The highest BCUT2D eigenvalue weighted by Crippen LogP contribution is 2.43. The zero-order chi connectivity index (χ0) is 21.9. The first kappa shape index (κ1) is 22.4. The van der Waals surface area contributed by atoms with Crippen molar-refractivity contribution in [3.63, 3.8) is 0 Å². The highest BCUT2D eigenvalue weighted by atomic mass is 32.2. The number of piperidine rings is 1. The van der Waals surface area contributed by atoms with Crippen molar-refractivity contribution in [2.24, 2.45) is 5.92 Å². The number of ether oxygens (including phenoxy) is 2. The molecular weight excluding hydrogens is 412 g/mol. The molecule has 0 amide bonds. The van der Waals surface area contributed by atoms with E-state index in [1.165, 1.54) is 0 Å². The van der Waals surface area contributed by atoms with Crippen molar-refractivity contribution in [3.05, 3.63) is 59.4 Å². The number of sulfonamides is 1. The molecule has 168 valence electrons. The van der Waals surface area contributed by atoms with Crippen LogP contribution < -0.4 is 0 Å². The molecule has 1 aromatic heterocycles. The molecule has 3 heterocycles. The van der Waals surface area contributed by atoms with Crippen molar-refractivity contribution in [1.82, 2.24) is 9.29 Å². The minimum Gasteiger partial charge on any atom is -0.375 e. The van der Waals surface area contributed by atoms with Gasteiger partial charge in [-0.1, -0.05) is 12.1 Å². The van der Waals surface area contributed by atoms with Crippen molar-refractivity contribution < 1.29 is 17.9 Å². The molecule has 1 spiro atoms. The average molecular weight is 445 g/mol. The van der Waals surface area contributed by atoms with Crippen LogP contribution in [0.3, 0.4) is 0 Å². The zero-order valence-electron chi connectivity index (χ0n) is 18.4. The van der Waals surface area contributed by atoms with E-state index in [-0.39, 0.29) is 5.60 Å². The van der Waals surface area contributed by atoms with Crippen LogP contribution in [0, 0.1) is 19.8 Å². The third kappa shape index (κ3) is 5.00. The minimum absolute atomic E-state index is 0.219. The van der Waals surface area contributed by atoms with Gasteiger partial charge in [0.05, 0.1) is 22.8 Å². The van der Waals surface area contributed by atoms with Gasteiger partial charge in [-0.2, -0.15) is 4.31 Å². The minimum atomic E-state index is -3.48. The van der Waals surface area contributed by atoms with E-state index >= 15 is 0 Å². The second-order valence-corrected chi connectivity index (χ2v) is 10.7. The maximum absolute atomic E-state index is 13.2. The maximum atomic E-state index is 13.2. The van der Waals surface area contributed by atoms with E-state index in [9.17, 15) is 8.42 Å². The third-order valence-electron chi connectivity index (χ3n) is 6.59. The molecule has 2 aromatic rings. The van der Waals surface area contributed by atoms with Crippen molar-refractivity contribution >= 4 is 10.0 Å². The number of nitrogens with zero attached hydrogens (tertiary/aromatic N) is 2. The summed E-state index contributed by atoms with van der Waals surface area (Å²) in [6, 6.07) is 11.4. The Kier molecular flexibility index (Phi) is 6.77. The maximum Gasteiger partial charge on any atom is 0.243 e. The molecule has 0 radical (unpaired) electrons. The molecular formula is C24H32N2O4S. The Bertz CT molecular complexity index is 966. The van der Waals surface area contributed by atoms with Crippen molar-refractivity contribution in [1.29, 1.82) is 0 Å². The molecule has 1 atom stereocenters. The average Bonchev–Trinajstić information content (AvgIpc) is 3.13. The van der Waals surface area contributed by atoms with E-state index in [2.05, 4.69) is 4.98 Å². The van der Waals surface area contributed by atoms with Gasteiger partial charge >= 0.3 is 0 Å². The lowest BCUT2D eigenvalue weighted by molar-refractivity contribution is -0.0619. The van der Waals surface area contributed by atoms with Crippen LogP contribution in [-0.4, -0.2) is 49.6 Å². The monoisotopic (exact) mass is 444 g/mol. The molecule has 0 N–H and O–H groups in total. The highest BCUT2D eigenvalue weighted by Gasteiger charge is 2.47. The number of hydrogen-bond donors (Lipinski definition) is 0. The Balaban J connectivity index is 1.34. The second-order valence-electron chi connectivity index (χ2n) is 8.79. The van der Waals surface area contributed by atoms with Gasteiger partial charge in [0, 0.05) is 32.5 Å². The summed E-state index contributed by atoms with van der Waals surface area (Å²) in [5, 5.41) is 0. The van der Waals surface area contributed by atoms with E-state index < -0.39 is 10.0 Å². The molecule has 0 unspecified atom stereocenters. The molecule has 1 aromatic carbocycles. The summed E-state index contributed by atoms with van der Waals surface area (Å²) in [6.45, 7) is 6.80. The number of aromatic nitrogens is 1. The van der Waals surface area contributed by atoms with Crippen LogP contribution in [0.2, 0.25) is 0 Å². The molecule has 4 rings (SSSR count). The van der Waals surface area contributed by atoms with Crippen LogP contribution in [-0.2, 0) is 26.1 Å². The number of hydrogen-bond acceptors (Lipinski definition) is 5. The van der Waals surface area contributed by atoms with Crippen LogP contribution in [0.15, 0.2) is 47.5 Å². The van der Waals surface area contributed by atoms with Gasteiger partial charge in [0.15, 0.2) is 0 Å². The van der Waals surface area contributed by atoms with Crippen molar-refractivity contribution in [2.45, 2.75) is 56.6 Å². The van der Waals surface area contributed by atoms with Gasteiger partial charge in [-0.15, -0.1) is 0 Å². The van der Waals surface area contributed by atoms with Gasteiger partial charge in [-0.3, -0.25) is 4.98 Å². The van der Waals surface area contributed by atoms with E-state index in [4.69, 9.17) is 9.47 Å². The third-order valence-corrected chi connectivity index (χ3v) is 8.46. The van der Waals surface area contributed by atoms with Gasteiger partial charge in [-0.05, 0) is 80.8 Å². The number of pyridine rings is 1. The topological polar surface area (TPSA) is 68.7 Å². The number of benzene rings is 1. The van der Waals surface area contributed by atoms with E-state index in [1.54, 1.807) is 22.6 Å². The summed E-state index contributed by atoms with van der Waals surface area (Å²) < 4.78 is 40.1. The first-order valence-electron chi connectivity index (χ1n) is 11.1. The smallest absolute Gasteiger partial charge is 0.243 e. The summed E-state index contributed by atoms with van der Waals surface area (Å²) in [5.74, 6) is 0.405. The Labute approximate surface area is 185 Å². The standard InChI is InChI=1S/C24H32N2O4S/c1-19-15-20(2)17-23(16-19)31(27,28)26-11-8-24(9-12-26)21(7-14-30-24)6-13-29-18-22-5-3-4-10-25-22/h3-5,10,15-17,21H,6-9,11-14,18H2,1-2H3/t21-/m0/s1. The summed E-state index contributed by atoms with van der Waals surface area (Å²) in [5.41, 5.74) is 2.65. The lowest BCUT2D eigenvalue weighted by Gasteiger charge is -2.41. The molecule has 2 saturated heterocycles. The van der Waals surface area contributed by atoms with Crippen LogP contribution in [0.1, 0.15) is 42.5 Å². The highest BCUT2D eigenvalue weighted by molar-refractivity contribution is 7.89. The fraction of sp³-hybridized carbons (Fsp3) is 0.542. The molecule has 6 nitrogen and oxygen atoms in total. The van der Waals surface area contributed by atoms with E-state index in [0.717, 1.165) is 49.1 Å². The fourth-order valence-electron chi connectivity index (χ4n) is 4.97. The predicted octanol–water partition coefficient (Wildman–Crippen LogP) is 3.87. The molecule has 0 saturated carbocycles. The first-order chi connectivity index (χ1) is 14.9. The molecule has 0 bridgehead atoms. The van der Waals surface area contributed by atoms with Gasteiger partial charge < -0.3 is 9.47 Å².